The van der Waals surface area contributed by atoms with Crippen LogP contribution >= 0.6 is 0 Å². The minimum atomic E-state index is -0.345. The van der Waals surface area contributed by atoms with Gasteiger partial charge < -0.3 is 24.4 Å². The Bertz CT molecular complexity index is 2920. The number of benzene rings is 7. The summed E-state index contributed by atoms with van der Waals surface area (Å²) in [5.41, 5.74) is 7.59. The summed E-state index contributed by atoms with van der Waals surface area (Å²) < 4.78 is 15.1. The van der Waals surface area contributed by atoms with Gasteiger partial charge in [0, 0.05) is 28.4 Å². The van der Waals surface area contributed by atoms with Crippen molar-refractivity contribution in [3.8, 4) is 28.7 Å². The molecule has 0 saturated carbocycles. The van der Waals surface area contributed by atoms with Crippen molar-refractivity contribution in [2.75, 3.05) is 0 Å². The molecule has 55 heavy (non-hydrogen) atoms. The zero-order valence-corrected chi connectivity index (χ0v) is 29.7. The largest absolute Gasteiger partial charge is 0.449 e. The minimum Gasteiger partial charge on any atom is -0.449 e. The summed E-state index contributed by atoms with van der Waals surface area (Å²) in [6.07, 6.45) is 7.21. The van der Waals surface area contributed by atoms with Crippen LogP contribution in [0.3, 0.4) is 0 Å². The molecule has 2 atom stereocenters. The van der Waals surface area contributed by atoms with Gasteiger partial charge in [-0.1, -0.05) is 133 Å². The maximum atomic E-state index is 6.38. The molecule has 0 saturated heterocycles. The summed E-state index contributed by atoms with van der Waals surface area (Å²) in [7, 11) is 0. The lowest BCUT2D eigenvalue weighted by Crippen LogP contribution is -2.16. The highest BCUT2D eigenvalue weighted by molar-refractivity contribution is 6.19. The van der Waals surface area contributed by atoms with Gasteiger partial charge in [0.15, 0.2) is 23.0 Å². The Morgan fingerprint density at radius 2 is 1.22 bits per heavy atom. The summed E-state index contributed by atoms with van der Waals surface area (Å²) >= 11 is 0. The van der Waals surface area contributed by atoms with Crippen molar-refractivity contribution in [2.24, 2.45) is 9.98 Å². The highest BCUT2D eigenvalue weighted by Crippen LogP contribution is 2.49. The molecule has 0 radical (unpaired) electrons. The lowest BCUT2D eigenvalue weighted by Gasteiger charge is -2.33. The Morgan fingerprint density at radius 3 is 1.95 bits per heavy atom. The highest BCUT2D eigenvalue weighted by Gasteiger charge is 2.23. The van der Waals surface area contributed by atoms with E-state index in [1.165, 1.54) is 21.7 Å². The fraction of sp³-hybridized carbons (Fsp3) is 0.0612. The summed E-state index contributed by atoms with van der Waals surface area (Å²) in [5, 5.41) is 9.62. The fourth-order valence-corrected chi connectivity index (χ4v) is 7.96. The van der Waals surface area contributed by atoms with E-state index in [9.17, 15) is 0 Å². The van der Waals surface area contributed by atoms with Crippen LogP contribution in [0.25, 0.3) is 43.6 Å². The van der Waals surface area contributed by atoms with E-state index in [-0.39, 0.29) is 12.1 Å². The van der Waals surface area contributed by atoms with E-state index in [4.69, 9.17) is 24.8 Å². The molecule has 0 amide bonds. The first-order valence-corrected chi connectivity index (χ1v) is 18.6. The van der Waals surface area contributed by atoms with Crippen LogP contribution < -0.4 is 9.47 Å². The normalized spacial score (nSPS) is 17.3. The van der Waals surface area contributed by atoms with Gasteiger partial charge in [-0.2, -0.15) is 0 Å². The van der Waals surface area contributed by atoms with Gasteiger partial charge in [-0.05, 0) is 81.9 Å². The third kappa shape index (κ3) is 5.50. The van der Waals surface area contributed by atoms with Crippen LogP contribution in [0, 0.1) is 0 Å². The number of ether oxygens (including phenoxy) is 2. The molecular formula is C49H33N4O2-. The number of nitrogens with zero attached hydrogens (tertiary/aromatic N) is 4. The van der Waals surface area contributed by atoms with Crippen LogP contribution in [-0.2, 0) is 0 Å². The van der Waals surface area contributed by atoms with Crippen LogP contribution in [-0.4, -0.2) is 16.2 Å². The number of fused-ring (bicyclic) bond motifs is 6. The predicted molar refractivity (Wildman–Crippen MR) is 222 cm³/mol. The molecule has 1 aromatic heterocycles. The second-order valence-electron chi connectivity index (χ2n) is 14.1. The van der Waals surface area contributed by atoms with Crippen LogP contribution in [0.2, 0.25) is 0 Å². The Balaban J connectivity index is 0.931. The Hall–Kier alpha value is -7.18. The first-order chi connectivity index (χ1) is 27.2. The van der Waals surface area contributed by atoms with Gasteiger partial charge in [-0.15, -0.1) is 0 Å². The van der Waals surface area contributed by atoms with Gasteiger partial charge in [0.25, 0.3) is 0 Å². The van der Waals surface area contributed by atoms with Crippen molar-refractivity contribution in [1.29, 1.82) is 0 Å². The standard InChI is InChI=1S/C49H33N4O2/c1-3-11-33(12-4-1)47-50-48(34-13-5-2-6-14-34)52-49(51-47)35-21-19-31(20-22-35)32-23-25-38(26-24-32)53-41-28-37-16-8-7-15-36(37)27-39(41)40-29-45-46(30-42(40)53)55-44-18-10-9-17-43(44)54-45/h1-19,21-31,47H,20H2/q-1. The molecule has 7 aromatic carbocycles. The van der Waals surface area contributed by atoms with Gasteiger partial charge >= 0.3 is 0 Å². The molecule has 2 unspecified atom stereocenters. The number of allylic oxidation sites excluding steroid dienone is 2. The molecule has 0 fully saturated rings. The fourth-order valence-electron chi connectivity index (χ4n) is 7.96. The predicted octanol–water partition coefficient (Wildman–Crippen LogP) is 12.7. The van der Waals surface area contributed by atoms with E-state index in [0.717, 1.165) is 62.5 Å². The topological polar surface area (TPSA) is 62.2 Å². The van der Waals surface area contributed by atoms with Crippen LogP contribution in [0.5, 0.6) is 23.0 Å². The lowest BCUT2D eigenvalue weighted by atomic mass is 9.89. The Kier molecular flexibility index (Phi) is 7.27. The van der Waals surface area contributed by atoms with Crippen LogP contribution in [0.4, 0.5) is 0 Å². The number of hydrogen-bond donors (Lipinski definition) is 0. The van der Waals surface area contributed by atoms with E-state index >= 15 is 0 Å². The van der Waals surface area contributed by atoms with Crippen molar-refractivity contribution in [1.82, 2.24) is 4.57 Å². The molecule has 2 aliphatic heterocycles. The van der Waals surface area contributed by atoms with Crippen molar-refractivity contribution in [3.05, 3.63) is 204 Å². The molecule has 6 nitrogen and oxygen atoms in total. The average molecular weight is 710 g/mol. The molecule has 11 rings (SSSR count). The smallest absolute Gasteiger partial charge is 0.172 e. The van der Waals surface area contributed by atoms with Crippen molar-refractivity contribution in [2.45, 2.75) is 18.5 Å². The molecular weight excluding hydrogens is 677 g/mol. The van der Waals surface area contributed by atoms with E-state index < -0.39 is 0 Å². The highest BCUT2D eigenvalue weighted by atomic mass is 16.6. The van der Waals surface area contributed by atoms with Crippen molar-refractivity contribution >= 4 is 44.2 Å². The summed E-state index contributed by atoms with van der Waals surface area (Å²) in [4.78, 5) is 9.98. The number of para-hydroxylation sites is 2. The molecule has 3 aliphatic rings. The third-order valence-corrected chi connectivity index (χ3v) is 10.8. The molecule has 1 aliphatic carbocycles. The van der Waals surface area contributed by atoms with E-state index in [1.54, 1.807) is 0 Å². The van der Waals surface area contributed by atoms with Gasteiger partial charge in [0.05, 0.1) is 23.0 Å². The van der Waals surface area contributed by atoms with E-state index in [2.05, 4.69) is 120 Å². The quantitative estimate of drug-likeness (QED) is 0.179. The summed E-state index contributed by atoms with van der Waals surface area (Å²) in [5.74, 6) is 4.51. The SMILES string of the molecule is C1=CC(c2ccc(-n3c4cc5c(cc4c4cc6ccccc6cc43)Oc3ccccc3O5)cc2)CC=C1C1=NC(c2ccccc2)[N-]C(c2ccccc2)=N1. The van der Waals surface area contributed by atoms with Crippen molar-refractivity contribution < 1.29 is 9.47 Å². The molecule has 8 aromatic rings. The van der Waals surface area contributed by atoms with Crippen LogP contribution in [0.1, 0.15) is 35.2 Å². The van der Waals surface area contributed by atoms with E-state index in [1.807, 2.05) is 60.7 Å². The maximum Gasteiger partial charge on any atom is 0.172 e. The van der Waals surface area contributed by atoms with E-state index in [0.29, 0.717) is 17.4 Å². The van der Waals surface area contributed by atoms with Gasteiger partial charge in [0.2, 0.25) is 0 Å². The summed E-state index contributed by atoms with van der Waals surface area (Å²) in [6, 6.07) is 54.5. The van der Waals surface area contributed by atoms with Gasteiger partial charge in [-0.25, -0.2) is 0 Å². The molecule has 6 heteroatoms. The first kappa shape index (κ1) is 31.4. The monoisotopic (exact) mass is 709 g/mol. The van der Waals surface area contributed by atoms with Gasteiger partial charge in [-0.3, -0.25) is 4.99 Å². The zero-order valence-electron chi connectivity index (χ0n) is 29.7. The molecule has 0 bridgehead atoms. The minimum absolute atomic E-state index is 0.230. The average Bonchev–Trinajstić information content (AvgIpc) is 3.56. The number of aromatic nitrogens is 1. The lowest BCUT2D eigenvalue weighted by molar-refractivity contribution is 0.360. The first-order valence-electron chi connectivity index (χ1n) is 18.6. The second-order valence-corrected chi connectivity index (χ2v) is 14.1. The van der Waals surface area contributed by atoms with Crippen LogP contribution in [0.15, 0.2) is 192 Å². The number of aliphatic imine (C=N–C) groups is 2. The zero-order chi connectivity index (χ0) is 36.3. The van der Waals surface area contributed by atoms with Crippen molar-refractivity contribution in [3.63, 3.8) is 0 Å². The Labute approximate surface area is 318 Å². The number of hydrogen-bond acceptors (Lipinski definition) is 4. The van der Waals surface area contributed by atoms with Gasteiger partial charge in [0.1, 0.15) is 0 Å². The Morgan fingerprint density at radius 1 is 0.582 bits per heavy atom. The molecule has 262 valence electrons. The molecule has 0 N–H and O–H groups in total. The molecule has 0 spiro atoms. The molecule has 3 heterocycles. The third-order valence-electron chi connectivity index (χ3n) is 10.8. The number of amidine groups is 2. The summed E-state index contributed by atoms with van der Waals surface area (Å²) in [6.45, 7) is 0. The maximum absolute atomic E-state index is 6.38. The number of rotatable bonds is 5. The second kappa shape index (κ2) is 12.7.